The number of aliphatic hydroxyl groups excluding tert-OH is 1. The van der Waals surface area contributed by atoms with Gasteiger partial charge >= 0.3 is 5.97 Å². The van der Waals surface area contributed by atoms with E-state index in [4.69, 9.17) is 10.5 Å². The molecule has 1 saturated heterocycles. The molecule has 1 aliphatic heterocycles. The summed E-state index contributed by atoms with van der Waals surface area (Å²) in [7, 11) is 1.22. The highest BCUT2D eigenvalue weighted by Crippen LogP contribution is 2.28. The summed E-state index contributed by atoms with van der Waals surface area (Å²) in [5.41, 5.74) is 8.82. The first-order chi connectivity index (χ1) is 20.0. The number of benzene rings is 2. The molecule has 222 valence electrons. The van der Waals surface area contributed by atoms with Crippen molar-refractivity contribution in [1.82, 2.24) is 25.2 Å². The van der Waals surface area contributed by atoms with E-state index < -0.39 is 47.9 Å². The second-order valence-electron chi connectivity index (χ2n) is 10.8. The summed E-state index contributed by atoms with van der Waals surface area (Å²) in [6.07, 6.45) is -0.802. The lowest BCUT2D eigenvalue weighted by Crippen LogP contribution is -2.54. The first kappa shape index (κ1) is 30.4. The summed E-state index contributed by atoms with van der Waals surface area (Å²) in [5, 5.41) is 21.1. The van der Waals surface area contributed by atoms with E-state index >= 15 is 0 Å². The van der Waals surface area contributed by atoms with Gasteiger partial charge in [0.25, 0.3) is 0 Å². The molecule has 4 rings (SSSR count). The molecule has 0 saturated carbocycles. The molecule has 0 aliphatic carbocycles. The lowest BCUT2D eigenvalue weighted by molar-refractivity contribution is -0.143. The maximum atomic E-state index is 13.8. The van der Waals surface area contributed by atoms with E-state index in [-0.39, 0.29) is 31.0 Å². The zero-order valence-corrected chi connectivity index (χ0v) is 24.1. The molecule has 4 N–H and O–H groups in total. The molecule has 12 heteroatoms. The van der Waals surface area contributed by atoms with Crippen LogP contribution >= 0.6 is 0 Å². The van der Waals surface area contributed by atoms with E-state index in [9.17, 15) is 24.3 Å². The Labute approximate surface area is 243 Å². The van der Waals surface area contributed by atoms with Crippen LogP contribution in [0.15, 0.2) is 54.6 Å². The fourth-order valence-electron chi connectivity index (χ4n) is 5.23. The first-order valence-corrected chi connectivity index (χ1v) is 13.7. The van der Waals surface area contributed by atoms with Crippen molar-refractivity contribution in [3.8, 4) is 11.1 Å². The highest BCUT2D eigenvalue weighted by molar-refractivity contribution is 5.93. The van der Waals surface area contributed by atoms with Crippen LogP contribution in [0, 0.1) is 12.8 Å². The van der Waals surface area contributed by atoms with Crippen molar-refractivity contribution < 1.29 is 29.0 Å². The monoisotopic (exact) mass is 576 g/mol. The van der Waals surface area contributed by atoms with Crippen molar-refractivity contribution in [3.63, 3.8) is 0 Å². The van der Waals surface area contributed by atoms with Crippen LogP contribution in [0.25, 0.3) is 11.1 Å². The van der Waals surface area contributed by atoms with Crippen molar-refractivity contribution in [1.29, 1.82) is 0 Å². The quantitative estimate of drug-likeness (QED) is 0.304. The number of rotatable bonds is 10. The summed E-state index contributed by atoms with van der Waals surface area (Å²) in [5.74, 6) is -2.78. The Morgan fingerprint density at radius 1 is 1.07 bits per heavy atom. The van der Waals surface area contributed by atoms with Crippen molar-refractivity contribution in [2.24, 2.45) is 11.7 Å². The van der Waals surface area contributed by atoms with Gasteiger partial charge in [-0.3, -0.25) is 14.4 Å². The van der Waals surface area contributed by atoms with Gasteiger partial charge in [0, 0.05) is 19.4 Å². The minimum absolute atomic E-state index is 0.0105. The van der Waals surface area contributed by atoms with Gasteiger partial charge in [0.1, 0.15) is 18.1 Å². The van der Waals surface area contributed by atoms with E-state index in [0.29, 0.717) is 5.69 Å². The van der Waals surface area contributed by atoms with Gasteiger partial charge in [-0.05, 0) is 29.5 Å². The van der Waals surface area contributed by atoms with Gasteiger partial charge in [0.2, 0.25) is 17.7 Å². The summed E-state index contributed by atoms with van der Waals surface area (Å²) >= 11 is 0. The standard InChI is InChI=1S/C30H36N6O6/c1-17(2)26(36-18(3)25(33-34-36)30(41)42-4)29(40)35-16-22(37)15-24(35)28(39)32-23(27(31)38)14-19-10-12-21(13-11-19)20-8-6-5-7-9-20/h5-13,17,22-24,26,37H,14-16H2,1-4H3,(H2,31,38)(H,32,39)/t22-,23-,24+,26?/m1/s1. The first-order valence-electron chi connectivity index (χ1n) is 13.7. The van der Waals surface area contributed by atoms with Crippen LogP contribution in [-0.2, 0) is 25.5 Å². The SMILES string of the molecule is COC(=O)c1nnn(C(C(=O)N2C[C@H](O)C[C@H]2C(=O)N[C@H](Cc2ccc(-c3ccccc3)cc2)C(N)=O)C(C)C)c1C. The highest BCUT2D eigenvalue weighted by atomic mass is 16.5. The Kier molecular flexibility index (Phi) is 9.36. The number of amides is 3. The van der Waals surface area contributed by atoms with E-state index in [0.717, 1.165) is 16.7 Å². The number of esters is 1. The summed E-state index contributed by atoms with van der Waals surface area (Å²) < 4.78 is 6.08. The normalized spacial score (nSPS) is 18.0. The maximum absolute atomic E-state index is 13.8. The van der Waals surface area contributed by atoms with Gasteiger partial charge in [-0.25, -0.2) is 9.48 Å². The third kappa shape index (κ3) is 6.49. The van der Waals surface area contributed by atoms with Crippen molar-refractivity contribution in [3.05, 3.63) is 71.5 Å². The summed E-state index contributed by atoms with van der Waals surface area (Å²) in [6, 6.07) is 14.5. The molecule has 3 amide bonds. The van der Waals surface area contributed by atoms with Crippen molar-refractivity contribution >= 4 is 23.7 Å². The Hall–Kier alpha value is -4.58. The zero-order valence-electron chi connectivity index (χ0n) is 24.1. The fourth-order valence-corrected chi connectivity index (χ4v) is 5.23. The number of carbonyl (C=O) groups excluding carboxylic acids is 4. The maximum Gasteiger partial charge on any atom is 0.360 e. The van der Waals surface area contributed by atoms with Crippen LogP contribution in [0.2, 0.25) is 0 Å². The second kappa shape index (κ2) is 12.9. The Balaban J connectivity index is 1.51. The zero-order chi connectivity index (χ0) is 30.6. The lowest BCUT2D eigenvalue weighted by atomic mass is 10.00. The largest absolute Gasteiger partial charge is 0.464 e. The molecule has 1 aliphatic rings. The number of carbonyl (C=O) groups is 4. The average molecular weight is 577 g/mol. The van der Waals surface area contributed by atoms with Gasteiger partial charge in [-0.15, -0.1) is 5.10 Å². The second-order valence-corrected chi connectivity index (χ2v) is 10.8. The number of nitrogens with one attached hydrogen (secondary N) is 1. The number of aromatic nitrogens is 3. The molecule has 42 heavy (non-hydrogen) atoms. The van der Waals surface area contributed by atoms with Crippen LogP contribution in [0.4, 0.5) is 0 Å². The molecule has 3 aromatic rings. The third-order valence-corrected chi connectivity index (χ3v) is 7.48. The van der Waals surface area contributed by atoms with E-state index in [1.165, 1.54) is 16.7 Å². The van der Waals surface area contributed by atoms with E-state index in [2.05, 4.69) is 15.6 Å². The van der Waals surface area contributed by atoms with Crippen LogP contribution in [0.3, 0.4) is 0 Å². The predicted octanol–water partition coefficient (Wildman–Crippen LogP) is 1.41. The molecule has 4 atom stereocenters. The van der Waals surface area contributed by atoms with Crippen LogP contribution in [0.5, 0.6) is 0 Å². The van der Waals surface area contributed by atoms with Crippen LogP contribution in [0.1, 0.15) is 48.1 Å². The minimum atomic E-state index is -1.04. The number of ether oxygens (including phenoxy) is 1. The molecule has 0 radical (unpaired) electrons. The topological polar surface area (TPSA) is 170 Å². The molecular weight excluding hydrogens is 540 g/mol. The van der Waals surface area contributed by atoms with Crippen molar-refractivity contribution in [2.75, 3.05) is 13.7 Å². The minimum Gasteiger partial charge on any atom is -0.464 e. The van der Waals surface area contributed by atoms with Gasteiger partial charge in [-0.2, -0.15) is 0 Å². The van der Waals surface area contributed by atoms with E-state index in [1.807, 2.05) is 54.6 Å². The predicted molar refractivity (Wildman–Crippen MR) is 153 cm³/mol. The molecule has 0 bridgehead atoms. The summed E-state index contributed by atoms with van der Waals surface area (Å²) in [6.45, 7) is 5.12. The Morgan fingerprint density at radius 2 is 1.71 bits per heavy atom. The number of nitrogens with zero attached hydrogens (tertiary/aromatic N) is 4. The number of likely N-dealkylation sites (tertiary alicyclic amines) is 1. The van der Waals surface area contributed by atoms with Crippen molar-refractivity contribution in [2.45, 2.75) is 57.8 Å². The van der Waals surface area contributed by atoms with Gasteiger partial charge < -0.3 is 25.8 Å². The number of β-amino-alcohol motifs (C(OH)–C–C–N with tert-alkyl or cyclic N) is 1. The number of hydrogen-bond acceptors (Lipinski definition) is 8. The molecule has 2 aromatic carbocycles. The van der Waals surface area contributed by atoms with E-state index in [1.54, 1.807) is 20.8 Å². The molecule has 2 heterocycles. The van der Waals surface area contributed by atoms with Gasteiger partial charge in [0.05, 0.1) is 18.9 Å². The third-order valence-electron chi connectivity index (χ3n) is 7.48. The smallest absolute Gasteiger partial charge is 0.360 e. The van der Waals surface area contributed by atoms with Crippen LogP contribution < -0.4 is 11.1 Å². The lowest BCUT2D eigenvalue weighted by Gasteiger charge is -2.31. The Bertz CT molecular complexity index is 1440. The number of methoxy groups -OCH3 is 1. The molecule has 1 aromatic heterocycles. The molecule has 1 fully saturated rings. The Morgan fingerprint density at radius 3 is 2.31 bits per heavy atom. The highest BCUT2D eigenvalue weighted by Gasteiger charge is 2.44. The molecule has 1 unspecified atom stereocenters. The molecule has 12 nitrogen and oxygen atoms in total. The number of nitrogens with two attached hydrogens (primary N) is 1. The van der Waals surface area contributed by atoms with Gasteiger partial charge in [0.15, 0.2) is 5.69 Å². The van der Waals surface area contributed by atoms with Crippen LogP contribution in [-0.4, -0.2) is 80.5 Å². The fraction of sp³-hybridized carbons (Fsp3) is 0.400. The number of hydrogen-bond donors (Lipinski definition) is 3. The number of primary amides is 1. The average Bonchev–Trinajstić information content (AvgIpc) is 3.55. The van der Waals surface area contributed by atoms with Gasteiger partial charge in [-0.1, -0.05) is 73.7 Å². The summed E-state index contributed by atoms with van der Waals surface area (Å²) in [4.78, 5) is 53.0. The number of aliphatic hydroxyl groups is 1. The molecular formula is C30H36N6O6. The molecule has 0 spiro atoms.